The van der Waals surface area contributed by atoms with Gasteiger partial charge in [0.05, 0.1) is 6.42 Å². The molecule has 120 valence electrons. The van der Waals surface area contributed by atoms with Gasteiger partial charge in [-0.1, -0.05) is 60.7 Å². The summed E-state index contributed by atoms with van der Waals surface area (Å²) in [6, 6.07) is 18.2. The van der Waals surface area contributed by atoms with Crippen LogP contribution in [0.15, 0.2) is 60.7 Å². The van der Waals surface area contributed by atoms with E-state index in [9.17, 15) is 14.7 Å². The number of primary amides is 1. The van der Waals surface area contributed by atoms with Gasteiger partial charge in [-0.3, -0.25) is 14.5 Å². The summed E-state index contributed by atoms with van der Waals surface area (Å²) in [5, 5.41) is 9.50. The Morgan fingerprint density at radius 1 is 0.913 bits per heavy atom. The van der Waals surface area contributed by atoms with Crippen LogP contribution in [0.3, 0.4) is 0 Å². The maximum Gasteiger partial charge on any atom is 0.321 e. The van der Waals surface area contributed by atoms with E-state index in [1.54, 1.807) is 4.90 Å². The molecule has 3 N–H and O–H groups in total. The number of amides is 1. The van der Waals surface area contributed by atoms with Crippen molar-refractivity contribution < 1.29 is 14.7 Å². The number of carboxylic acids is 1. The maximum atomic E-state index is 11.6. The minimum absolute atomic E-state index is 0.213. The Morgan fingerprint density at radius 3 is 1.70 bits per heavy atom. The van der Waals surface area contributed by atoms with Gasteiger partial charge in [-0.05, 0) is 11.1 Å². The van der Waals surface area contributed by atoms with Crippen molar-refractivity contribution in [3.8, 4) is 0 Å². The lowest BCUT2D eigenvalue weighted by molar-refractivity contribution is -0.146. The molecule has 5 heteroatoms. The van der Waals surface area contributed by atoms with Gasteiger partial charge >= 0.3 is 5.97 Å². The Morgan fingerprint density at radius 2 is 1.35 bits per heavy atom. The number of nitrogens with zero attached hydrogens (tertiary/aromatic N) is 1. The molecule has 0 saturated carbocycles. The van der Waals surface area contributed by atoms with Gasteiger partial charge in [-0.15, -0.1) is 0 Å². The third-order valence-electron chi connectivity index (χ3n) is 3.58. The SMILES string of the molecule is NC(=O)CC(C(=O)O)N(Cc1ccccc1)Cc1ccccc1. The monoisotopic (exact) mass is 312 g/mol. The molecule has 2 aromatic carbocycles. The number of hydrogen-bond acceptors (Lipinski definition) is 3. The highest BCUT2D eigenvalue weighted by Crippen LogP contribution is 2.15. The molecule has 0 radical (unpaired) electrons. The highest BCUT2D eigenvalue weighted by molar-refractivity contribution is 5.83. The van der Waals surface area contributed by atoms with Crippen molar-refractivity contribution in [2.75, 3.05) is 0 Å². The zero-order chi connectivity index (χ0) is 16.7. The number of rotatable bonds is 8. The highest BCUT2D eigenvalue weighted by atomic mass is 16.4. The minimum Gasteiger partial charge on any atom is -0.480 e. The van der Waals surface area contributed by atoms with Gasteiger partial charge in [0.2, 0.25) is 5.91 Å². The van der Waals surface area contributed by atoms with Crippen LogP contribution in [0.4, 0.5) is 0 Å². The van der Waals surface area contributed by atoms with Gasteiger partial charge in [0.15, 0.2) is 0 Å². The molecule has 5 nitrogen and oxygen atoms in total. The molecule has 0 aromatic heterocycles. The standard InChI is InChI=1S/C18H20N2O3/c19-17(21)11-16(18(22)23)20(12-14-7-3-1-4-8-14)13-15-9-5-2-6-10-15/h1-10,16H,11-13H2,(H2,19,21)(H,22,23). The summed E-state index contributed by atoms with van der Waals surface area (Å²) in [6.45, 7) is 0.861. The number of benzene rings is 2. The fourth-order valence-electron chi connectivity index (χ4n) is 2.48. The lowest BCUT2D eigenvalue weighted by Crippen LogP contribution is -2.43. The fraction of sp³-hybridized carbons (Fsp3) is 0.222. The zero-order valence-electron chi connectivity index (χ0n) is 12.8. The summed E-state index contributed by atoms with van der Waals surface area (Å²) in [5.74, 6) is -1.67. The molecule has 0 fully saturated rings. The van der Waals surface area contributed by atoms with Crippen LogP contribution in [-0.4, -0.2) is 27.9 Å². The van der Waals surface area contributed by atoms with Crippen molar-refractivity contribution in [1.82, 2.24) is 4.90 Å². The predicted molar refractivity (Wildman–Crippen MR) is 87.4 cm³/mol. The molecular formula is C18H20N2O3. The lowest BCUT2D eigenvalue weighted by Gasteiger charge is -2.28. The Bertz CT molecular complexity index is 602. The first kappa shape index (κ1) is 16.7. The summed E-state index contributed by atoms with van der Waals surface area (Å²) in [4.78, 5) is 24.6. The zero-order valence-corrected chi connectivity index (χ0v) is 12.8. The second kappa shape index (κ2) is 8.10. The summed E-state index contributed by atoms with van der Waals surface area (Å²) in [6.07, 6.45) is -0.213. The van der Waals surface area contributed by atoms with E-state index in [0.29, 0.717) is 13.1 Å². The first-order valence-electron chi connectivity index (χ1n) is 7.39. The predicted octanol–water partition coefficient (Wildman–Crippen LogP) is 2.02. The fourth-order valence-corrected chi connectivity index (χ4v) is 2.48. The highest BCUT2D eigenvalue weighted by Gasteiger charge is 2.27. The normalized spacial score (nSPS) is 12.0. The molecule has 0 heterocycles. The first-order chi connectivity index (χ1) is 11.1. The number of hydrogen-bond donors (Lipinski definition) is 2. The molecule has 1 unspecified atom stereocenters. The van der Waals surface area contributed by atoms with Crippen LogP contribution < -0.4 is 5.73 Å². The van der Waals surface area contributed by atoms with Crippen LogP contribution in [0.1, 0.15) is 17.5 Å². The Kier molecular flexibility index (Phi) is 5.88. The molecule has 0 aliphatic carbocycles. The van der Waals surface area contributed by atoms with Crippen LogP contribution in [0.5, 0.6) is 0 Å². The van der Waals surface area contributed by atoms with Crippen LogP contribution in [0, 0.1) is 0 Å². The van der Waals surface area contributed by atoms with Crippen molar-refractivity contribution in [2.45, 2.75) is 25.6 Å². The molecule has 23 heavy (non-hydrogen) atoms. The third-order valence-corrected chi connectivity index (χ3v) is 3.58. The topological polar surface area (TPSA) is 83.6 Å². The molecule has 1 amide bonds. The molecule has 0 saturated heterocycles. The summed E-state index contributed by atoms with van der Waals surface area (Å²) in [7, 11) is 0. The van der Waals surface area contributed by atoms with Crippen molar-refractivity contribution in [3.63, 3.8) is 0 Å². The second-order valence-electron chi connectivity index (χ2n) is 5.40. The van der Waals surface area contributed by atoms with E-state index in [0.717, 1.165) is 11.1 Å². The van der Waals surface area contributed by atoms with Gasteiger partial charge in [-0.2, -0.15) is 0 Å². The summed E-state index contributed by atoms with van der Waals surface area (Å²) < 4.78 is 0. The number of carboxylic acid groups (broad SMARTS) is 1. The average molecular weight is 312 g/mol. The van der Waals surface area contributed by atoms with E-state index < -0.39 is 17.9 Å². The van der Waals surface area contributed by atoms with Crippen LogP contribution in [-0.2, 0) is 22.7 Å². The molecule has 2 aromatic rings. The van der Waals surface area contributed by atoms with Crippen molar-refractivity contribution in [3.05, 3.63) is 71.8 Å². The molecular weight excluding hydrogens is 292 g/mol. The van der Waals surface area contributed by atoms with Gasteiger partial charge < -0.3 is 10.8 Å². The number of aliphatic carboxylic acids is 1. The molecule has 0 spiro atoms. The minimum atomic E-state index is -1.05. The van der Waals surface area contributed by atoms with Crippen molar-refractivity contribution in [2.24, 2.45) is 5.73 Å². The lowest BCUT2D eigenvalue weighted by atomic mass is 10.1. The van der Waals surface area contributed by atoms with E-state index in [4.69, 9.17) is 5.73 Å². The van der Waals surface area contributed by atoms with Crippen LogP contribution >= 0.6 is 0 Å². The van der Waals surface area contributed by atoms with Gasteiger partial charge in [0.1, 0.15) is 6.04 Å². The van der Waals surface area contributed by atoms with Crippen LogP contribution in [0.2, 0.25) is 0 Å². The third kappa shape index (κ3) is 5.23. The number of nitrogens with two attached hydrogens (primary N) is 1. The van der Waals surface area contributed by atoms with E-state index in [1.165, 1.54) is 0 Å². The summed E-state index contributed by atoms with van der Waals surface area (Å²) in [5.41, 5.74) is 7.20. The van der Waals surface area contributed by atoms with Gasteiger partial charge in [0.25, 0.3) is 0 Å². The largest absolute Gasteiger partial charge is 0.480 e. The Hall–Kier alpha value is -2.66. The second-order valence-corrected chi connectivity index (χ2v) is 5.40. The van der Waals surface area contributed by atoms with E-state index in [-0.39, 0.29) is 6.42 Å². The van der Waals surface area contributed by atoms with E-state index >= 15 is 0 Å². The smallest absolute Gasteiger partial charge is 0.321 e. The Balaban J connectivity index is 2.25. The molecule has 1 atom stereocenters. The van der Waals surface area contributed by atoms with Gasteiger partial charge in [0, 0.05) is 13.1 Å². The van der Waals surface area contributed by atoms with Gasteiger partial charge in [-0.25, -0.2) is 0 Å². The van der Waals surface area contributed by atoms with Crippen LogP contribution in [0.25, 0.3) is 0 Å². The molecule has 2 rings (SSSR count). The summed E-state index contributed by atoms with van der Waals surface area (Å²) >= 11 is 0. The van der Waals surface area contributed by atoms with E-state index in [1.807, 2.05) is 60.7 Å². The Labute approximate surface area is 135 Å². The van der Waals surface area contributed by atoms with Crippen molar-refractivity contribution in [1.29, 1.82) is 0 Å². The molecule has 0 aliphatic rings. The number of carbonyl (C=O) groups is 2. The first-order valence-corrected chi connectivity index (χ1v) is 7.39. The number of carbonyl (C=O) groups excluding carboxylic acids is 1. The molecule has 0 aliphatic heterocycles. The maximum absolute atomic E-state index is 11.6. The molecule has 0 bridgehead atoms. The van der Waals surface area contributed by atoms with E-state index in [2.05, 4.69) is 0 Å². The van der Waals surface area contributed by atoms with Crippen molar-refractivity contribution >= 4 is 11.9 Å². The quantitative estimate of drug-likeness (QED) is 0.781. The average Bonchev–Trinajstić information content (AvgIpc) is 2.53.